The predicted octanol–water partition coefficient (Wildman–Crippen LogP) is 3.34. The molecule has 0 amide bonds. The Bertz CT molecular complexity index is 462. The quantitative estimate of drug-likeness (QED) is 0.367. The molecule has 16 heavy (non-hydrogen) atoms. The van der Waals surface area contributed by atoms with Crippen molar-refractivity contribution < 1.29 is 18.5 Å². The maximum absolute atomic E-state index is 12.5. The van der Waals surface area contributed by atoms with E-state index in [2.05, 4.69) is 0 Å². The van der Waals surface area contributed by atoms with E-state index in [-0.39, 0.29) is 9.13 Å². The first-order valence-corrected chi connectivity index (χ1v) is 5.19. The number of Topliss-reactive ketones (excluding diaryl/α,β-unsaturated/α-hetero) is 1. The van der Waals surface area contributed by atoms with Crippen molar-refractivity contribution in [3.63, 3.8) is 0 Å². The van der Waals surface area contributed by atoms with Gasteiger partial charge in [0.2, 0.25) is 0 Å². The van der Waals surface area contributed by atoms with E-state index in [1.165, 1.54) is 0 Å². The Morgan fingerprint density at radius 1 is 1.50 bits per heavy atom. The summed E-state index contributed by atoms with van der Waals surface area (Å²) in [4.78, 5) is 20.9. The summed E-state index contributed by atoms with van der Waals surface area (Å²) in [5, 5.41) is 10.6. The summed E-state index contributed by atoms with van der Waals surface area (Å²) in [5.74, 6) is -0.523. The van der Waals surface area contributed by atoms with Gasteiger partial charge in [0.05, 0.1) is 10.5 Å². The number of carbonyl (C=O) groups excluding carboxylic acids is 1. The highest BCUT2D eigenvalue weighted by Gasteiger charge is 2.23. The minimum atomic E-state index is -2.80. The van der Waals surface area contributed by atoms with Gasteiger partial charge in [0.25, 0.3) is 12.1 Å². The van der Waals surface area contributed by atoms with Gasteiger partial charge < -0.3 is 0 Å². The zero-order valence-electron chi connectivity index (χ0n) is 8.04. The van der Waals surface area contributed by atoms with Crippen LogP contribution >= 0.6 is 22.6 Å². The summed E-state index contributed by atoms with van der Waals surface area (Å²) in [6, 6.07) is 1.87. The molecule has 0 aliphatic heterocycles. The molecule has 0 saturated carbocycles. The third kappa shape index (κ3) is 2.52. The molecular weight excluding hydrogens is 335 g/mol. The fourth-order valence-electron chi connectivity index (χ4n) is 1.18. The number of hydrogen-bond acceptors (Lipinski definition) is 3. The lowest BCUT2D eigenvalue weighted by Crippen LogP contribution is -2.03. The Kier molecular flexibility index (Phi) is 3.89. The monoisotopic (exact) mass is 341 g/mol. The summed E-state index contributed by atoms with van der Waals surface area (Å²) < 4.78 is 25.1. The van der Waals surface area contributed by atoms with E-state index in [1.807, 2.05) is 0 Å². The number of nitro benzene ring substituents is 1. The van der Waals surface area contributed by atoms with Crippen LogP contribution in [0.5, 0.6) is 0 Å². The van der Waals surface area contributed by atoms with Crippen LogP contribution < -0.4 is 0 Å². The highest BCUT2D eigenvalue weighted by molar-refractivity contribution is 14.1. The van der Waals surface area contributed by atoms with Gasteiger partial charge in [-0.05, 0) is 35.6 Å². The summed E-state index contributed by atoms with van der Waals surface area (Å²) in [6.07, 6.45) is -2.80. The fraction of sp³-hybridized carbons (Fsp3) is 0.222. The van der Waals surface area contributed by atoms with Crippen molar-refractivity contribution in [3.05, 3.63) is 36.9 Å². The number of nitrogens with zero attached hydrogens (tertiary/aromatic N) is 1. The maximum atomic E-state index is 12.5. The number of halogens is 3. The standard InChI is InChI=1S/C9H6F2INO3/c1-4(14)5-2-7(12)6(9(10)11)3-8(5)13(15)16/h2-3,9H,1H3. The minimum absolute atomic E-state index is 0.142. The first-order chi connectivity index (χ1) is 7.34. The number of alkyl halides is 2. The zero-order chi connectivity index (χ0) is 12.5. The zero-order valence-corrected chi connectivity index (χ0v) is 10.2. The Labute approximate surface area is 103 Å². The molecule has 1 aromatic rings. The second-order valence-corrected chi connectivity index (χ2v) is 4.17. The molecule has 0 aliphatic carbocycles. The first kappa shape index (κ1) is 12.9. The molecule has 0 atom stereocenters. The molecule has 1 aromatic carbocycles. The number of carbonyl (C=O) groups is 1. The molecule has 0 fully saturated rings. The Balaban J connectivity index is 3.49. The summed E-state index contributed by atoms with van der Waals surface area (Å²) in [7, 11) is 0. The van der Waals surface area contributed by atoms with Crippen LogP contribution in [0.25, 0.3) is 0 Å². The maximum Gasteiger partial charge on any atom is 0.280 e. The average Bonchev–Trinajstić information content (AvgIpc) is 2.15. The Morgan fingerprint density at radius 2 is 2.06 bits per heavy atom. The van der Waals surface area contributed by atoms with Crippen LogP contribution in [0.1, 0.15) is 29.3 Å². The number of hydrogen-bond donors (Lipinski definition) is 0. The van der Waals surface area contributed by atoms with E-state index in [0.29, 0.717) is 0 Å². The number of nitro groups is 1. The summed E-state index contributed by atoms with van der Waals surface area (Å²) in [5.41, 5.74) is -1.17. The predicted molar refractivity (Wildman–Crippen MR) is 60.8 cm³/mol. The van der Waals surface area contributed by atoms with Crippen LogP contribution in [-0.4, -0.2) is 10.7 Å². The van der Waals surface area contributed by atoms with Crippen molar-refractivity contribution in [2.24, 2.45) is 0 Å². The highest BCUT2D eigenvalue weighted by atomic mass is 127. The van der Waals surface area contributed by atoms with Gasteiger partial charge in [-0.3, -0.25) is 14.9 Å². The number of benzene rings is 1. The summed E-state index contributed by atoms with van der Waals surface area (Å²) in [6.45, 7) is 1.15. The van der Waals surface area contributed by atoms with Gasteiger partial charge in [-0.15, -0.1) is 0 Å². The molecule has 0 radical (unpaired) electrons. The lowest BCUT2D eigenvalue weighted by molar-refractivity contribution is -0.385. The SMILES string of the molecule is CC(=O)c1cc(I)c(C(F)F)cc1[N+](=O)[O-]. The molecule has 4 nitrogen and oxygen atoms in total. The Hall–Kier alpha value is -1.12. The molecule has 0 aliphatic rings. The van der Waals surface area contributed by atoms with Gasteiger partial charge in [0, 0.05) is 15.2 Å². The van der Waals surface area contributed by atoms with Gasteiger partial charge >= 0.3 is 0 Å². The van der Waals surface area contributed by atoms with Crippen molar-refractivity contribution in [1.29, 1.82) is 0 Å². The molecule has 0 unspecified atom stereocenters. The van der Waals surface area contributed by atoms with Gasteiger partial charge in [-0.1, -0.05) is 0 Å². The van der Waals surface area contributed by atoms with Crippen molar-refractivity contribution in [1.82, 2.24) is 0 Å². The van der Waals surface area contributed by atoms with Gasteiger partial charge in [0.1, 0.15) is 0 Å². The van der Waals surface area contributed by atoms with Crippen LogP contribution in [-0.2, 0) is 0 Å². The summed E-state index contributed by atoms with van der Waals surface area (Å²) >= 11 is 1.62. The van der Waals surface area contributed by atoms with E-state index in [4.69, 9.17) is 0 Å². The molecule has 0 aromatic heterocycles. The average molecular weight is 341 g/mol. The normalized spacial score (nSPS) is 10.6. The van der Waals surface area contributed by atoms with E-state index in [9.17, 15) is 23.7 Å². The topological polar surface area (TPSA) is 60.2 Å². The van der Waals surface area contributed by atoms with Crippen molar-refractivity contribution >= 4 is 34.1 Å². The molecule has 0 N–H and O–H groups in total. The van der Waals surface area contributed by atoms with Crippen LogP contribution in [0, 0.1) is 13.7 Å². The molecule has 0 saturated heterocycles. The first-order valence-electron chi connectivity index (χ1n) is 4.11. The van der Waals surface area contributed by atoms with Crippen molar-refractivity contribution in [2.75, 3.05) is 0 Å². The second kappa shape index (κ2) is 4.81. The lowest BCUT2D eigenvalue weighted by Gasteiger charge is -2.06. The third-order valence-electron chi connectivity index (χ3n) is 1.93. The van der Waals surface area contributed by atoms with Gasteiger partial charge in [-0.2, -0.15) is 0 Å². The van der Waals surface area contributed by atoms with E-state index in [0.717, 1.165) is 19.1 Å². The third-order valence-corrected chi connectivity index (χ3v) is 2.86. The molecule has 0 bridgehead atoms. The molecule has 0 spiro atoms. The highest BCUT2D eigenvalue weighted by Crippen LogP contribution is 2.31. The lowest BCUT2D eigenvalue weighted by atomic mass is 10.1. The second-order valence-electron chi connectivity index (χ2n) is 3.00. The van der Waals surface area contributed by atoms with E-state index < -0.39 is 28.4 Å². The number of rotatable bonds is 3. The van der Waals surface area contributed by atoms with Crippen LogP contribution in [0.2, 0.25) is 0 Å². The molecular formula is C9H6F2INO3. The molecule has 0 heterocycles. The molecule has 86 valence electrons. The largest absolute Gasteiger partial charge is 0.294 e. The fourth-order valence-corrected chi connectivity index (χ4v) is 1.88. The Morgan fingerprint density at radius 3 is 2.44 bits per heavy atom. The smallest absolute Gasteiger partial charge is 0.280 e. The molecule has 7 heteroatoms. The van der Waals surface area contributed by atoms with Crippen LogP contribution in [0.15, 0.2) is 12.1 Å². The van der Waals surface area contributed by atoms with Crippen LogP contribution in [0.3, 0.4) is 0 Å². The van der Waals surface area contributed by atoms with Gasteiger partial charge in [-0.25, -0.2) is 8.78 Å². The van der Waals surface area contributed by atoms with Crippen molar-refractivity contribution in [2.45, 2.75) is 13.3 Å². The minimum Gasteiger partial charge on any atom is -0.294 e. The number of ketones is 1. The van der Waals surface area contributed by atoms with Crippen molar-refractivity contribution in [3.8, 4) is 0 Å². The van der Waals surface area contributed by atoms with Crippen LogP contribution in [0.4, 0.5) is 14.5 Å². The van der Waals surface area contributed by atoms with E-state index >= 15 is 0 Å². The van der Waals surface area contributed by atoms with E-state index in [1.54, 1.807) is 22.6 Å². The molecule has 1 rings (SSSR count). The van der Waals surface area contributed by atoms with Gasteiger partial charge in [0.15, 0.2) is 5.78 Å².